The molecule has 0 spiro atoms. The second-order valence-corrected chi connectivity index (χ2v) is 4.72. The van der Waals surface area contributed by atoms with Gasteiger partial charge in [0.25, 0.3) is 5.69 Å². The minimum absolute atomic E-state index is 0.177. The first-order chi connectivity index (χ1) is 10.5. The largest absolute Gasteiger partial charge is 0.478 e. The van der Waals surface area contributed by atoms with Crippen LogP contribution in [0.5, 0.6) is 0 Å². The molecular weight excluding hydrogens is 291 g/mol. The van der Waals surface area contributed by atoms with Gasteiger partial charge in [-0.2, -0.15) is 0 Å². The number of fused-ring (bicyclic) bond motifs is 1. The normalized spacial score (nSPS) is 10.8. The van der Waals surface area contributed by atoms with Gasteiger partial charge in [-0.1, -0.05) is 12.1 Å². The Morgan fingerprint density at radius 1 is 1.23 bits per heavy atom. The average molecular weight is 300 g/mol. The maximum absolute atomic E-state index is 13.3. The molecule has 0 atom stereocenters. The zero-order valence-corrected chi connectivity index (χ0v) is 11.0. The van der Waals surface area contributed by atoms with E-state index in [-0.39, 0.29) is 16.8 Å². The number of nitro benzene ring substituents is 1. The quantitative estimate of drug-likeness (QED) is 0.570. The number of benzene rings is 2. The van der Waals surface area contributed by atoms with Crippen molar-refractivity contribution in [1.82, 2.24) is 4.98 Å². The molecule has 0 saturated heterocycles. The summed E-state index contributed by atoms with van der Waals surface area (Å²) in [5, 5.41) is 20.5. The monoisotopic (exact) mass is 300 g/mol. The summed E-state index contributed by atoms with van der Waals surface area (Å²) < 4.78 is 13.3. The first-order valence-corrected chi connectivity index (χ1v) is 6.26. The van der Waals surface area contributed by atoms with Crippen molar-refractivity contribution < 1.29 is 19.2 Å². The maximum Gasteiger partial charge on any atom is 0.335 e. The number of rotatable bonds is 3. The first kappa shape index (κ1) is 13.7. The summed E-state index contributed by atoms with van der Waals surface area (Å²) in [5.41, 5.74) is 0.679. The number of halogens is 1. The fraction of sp³-hybridized carbons (Fsp3) is 0. The van der Waals surface area contributed by atoms with Gasteiger partial charge in [-0.25, -0.2) is 9.18 Å². The molecule has 7 heteroatoms. The third kappa shape index (κ3) is 2.28. The molecule has 3 rings (SSSR count). The molecule has 22 heavy (non-hydrogen) atoms. The highest BCUT2D eigenvalue weighted by atomic mass is 19.1. The molecule has 0 radical (unpaired) electrons. The van der Waals surface area contributed by atoms with Crippen molar-refractivity contribution in [3.63, 3.8) is 0 Å². The molecule has 2 aromatic carbocycles. The molecule has 1 aromatic heterocycles. The number of hydrogen-bond acceptors (Lipinski definition) is 3. The SMILES string of the molecule is O=C(O)c1cc([N+](=O)[O-])c2[nH]c(-c3cccc(F)c3)cc2c1. The van der Waals surface area contributed by atoms with Crippen LogP contribution >= 0.6 is 0 Å². The fourth-order valence-corrected chi connectivity index (χ4v) is 2.30. The number of aromatic amines is 1. The lowest BCUT2D eigenvalue weighted by Crippen LogP contribution is -1.98. The number of H-pyrrole nitrogens is 1. The molecule has 0 unspecified atom stereocenters. The molecule has 0 amide bonds. The molecule has 0 fully saturated rings. The molecule has 3 aromatic rings. The number of carbonyl (C=O) groups is 1. The van der Waals surface area contributed by atoms with E-state index in [0.29, 0.717) is 16.6 Å². The van der Waals surface area contributed by atoms with Crippen LogP contribution in [-0.2, 0) is 0 Å². The van der Waals surface area contributed by atoms with Crippen LogP contribution in [0.2, 0.25) is 0 Å². The highest BCUT2D eigenvalue weighted by molar-refractivity contribution is 5.99. The summed E-state index contributed by atoms with van der Waals surface area (Å²) in [7, 11) is 0. The molecule has 6 nitrogen and oxygen atoms in total. The van der Waals surface area contributed by atoms with Gasteiger partial charge in [0.05, 0.1) is 10.5 Å². The molecule has 0 aliphatic rings. The second-order valence-electron chi connectivity index (χ2n) is 4.72. The smallest absolute Gasteiger partial charge is 0.335 e. The molecular formula is C15H9FN2O4. The van der Waals surface area contributed by atoms with Gasteiger partial charge in [0.2, 0.25) is 0 Å². The number of carboxylic acid groups (broad SMARTS) is 1. The van der Waals surface area contributed by atoms with Crippen molar-refractivity contribution in [1.29, 1.82) is 0 Å². The van der Waals surface area contributed by atoms with Crippen LogP contribution in [0.25, 0.3) is 22.2 Å². The van der Waals surface area contributed by atoms with Crippen LogP contribution in [-0.4, -0.2) is 21.0 Å². The van der Waals surface area contributed by atoms with E-state index in [9.17, 15) is 19.3 Å². The second kappa shape index (κ2) is 4.96. The van der Waals surface area contributed by atoms with Crippen molar-refractivity contribution in [2.24, 2.45) is 0 Å². The Labute approximate surface area is 123 Å². The van der Waals surface area contributed by atoms with Crippen molar-refractivity contribution >= 4 is 22.6 Å². The van der Waals surface area contributed by atoms with E-state index in [1.807, 2.05) is 0 Å². The number of aromatic carboxylic acids is 1. The number of hydrogen-bond donors (Lipinski definition) is 2. The van der Waals surface area contributed by atoms with Crippen molar-refractivity contribution in [2.45, 2.75) is 0 Å². The van der Waals surface area contributed by atoms with Gasteiger partial charge in [0.1, 0.15) is 11.3 Å². The van der Waals surface area contributed by atoms with Gasteiger partial charge in [-0.15, -0.1) is 0 Å². The molecule has 0 aliphatic carbocycles. The highest BCUT2D eigenvalue weighted by Crippen LogP contribution is 2.31. The lowest BCUT2D eigenvalue weighted by molar-refractivity contribution is -0.383. The predicted octanol–water partition coefficient (Wildman–Crippen LogP) is 3.58. The average Bonchev–Trinajstić information content (AvgIpc) is 2.89. The summed E-state index contributed by atoms with van der Waals surface area (Å²) in [5.74, 6) is -1.68. The van der Waals surface area contributed by atoms with E-state index in [1.165, 1.54) is 24.3 Å². The lowest BCUT2D eigenvalue weighted by Gasteiger charge is -1.98. The number of nitrogens with one attached hydrogen (secondary N) is 1. The Morgan fingerprint density at radius 3 is 2.64 bits per heavy atom. The van der Waals surface area contributed by atoms with Gasteiger partial charge < -0.3 is 10.1 Å². The van der Waals surface area contributed by atoms with E-state index in [4.69, 9.17) is 5.11 Å². The molecule has 0 bridgehead atoms. The summed E-state index contributed by atoms with van der Waals surface area (Å²) in [6, 6.07) is 9.64. The maximum atomic E-state index is 13.3. The van der Waals surface area contributed by atoms with Gasteiger partial charge in [0.15, 0.2) is 0 Å². The van der Waals surface area contributed by atoms with Crippen LogP contribution in [0.4, 0.5) is 10.1 Å². The molecule has 2 N–H and O–H groups in total. The first-order valence-electron chi connectivity index (χ1n) is 6.26. The van der Waals surface area contributed by atoms with Gasteiger partial charge >= 0.3 is 5.97 Å². The third-order valence-corrected chi connectivity index (χ3v) is 3.29. The van der Waals surface area contributed by atoms with Crippen molar-refractivity contribution in [3.8, 4) is 11.3 Å². The van der Waals surface area contributed by atoms with Gasteiger partial charge in [0, 0.05) is 22.7 Å². The molecule has 0 aliphatic heterocycles. The summed E-state index contributed by atoms with van der Waals surface area (Å²) in [6.07, 6.45) is 0. The zero-order chi connectivity index (χ0) is 15.9. The van der Waals surface area contributed by atoms with Crippen LogP contribution in [0, 0.1) is 15.9 Å². The van der Waals surface area contributed by atoms with Gasteiger partial charge in [-0.3, -0.25) is 10.1 Å². The topological polar surface area (TPSA) is 96.2 Å². The highest BCUT2D eigenvalue weighted by Gasteiger charge is 2.19. The van der Waals surface area contributed by atoms with Crippen LogP contribution in [0.1, 0.15) is 10.4 Å². The standard InChI is InChI=1S/C15H9FN2O4/c16-11-3-1-2-8(5-11)12-6-9-4-10(15(19)20)7-13(18(21)22)14(9)17-12/h1-7,17H,(H,19,20). The summed E-state index contributed by atoms with van der Waals surface area (Å²) in [6.45, 7) is 0. The molecule has 0 saturated carbocycles. The van der Waals surface area contributed by atoms with E-state index in [2.05, 4.69) is 4.98 Å². The Morgan fingerprint density at radius 2 is 2.00 bits per heavy atom. The van der Waals surface area contributed by atoms with E-state index >= 15 is 0 Å². The van der Waals surface area contributed by atoms with E-state index < -0.39 is 16.7 Å². The lowest BCUT2D eigenvalue weighted by atomic mass is 10.1. The van der Waals surface area contributed by atoms with Crippen LogP contribution < -0.4 is 0 Å². The number of nitro groups is 1. The number of carboxylic acids is 1. The summed E-state index contributed by atoms with van der Waals surface area (Å²) in [4.78, 5) is 24.4. The predicted molar refractivity (Wildman–Crippen MR) is 77.3 cm³/mol. The third-order valence-electron chi connectivity index (χ3n) is 3.29. The zero-order valence-electron chi connectivity index (χ0n) is 11.0. The van der Waals surface area contributed by atoms with E-state index in [0.717, 1.165) is 6.07 Å². The van der Waals surface area contributed by atoms with Crippen LogP contribution in [0.15, 0.2) is 42.5 Å². The minimum atomic E-state index is -1.25. The summed E-state index contributed by atoms with van der Waals surface area (Å²) >= 11 is 0. The Hall–Kier alpha value is -3.22. The number of non-ortho nitro benzene ring substituents is 1. The Bertz CT molecular complexity index is 917. The molecule has 110 valence electrons. The van der Waals surface area contributed by atoms with Crippen molar-refractivity contribution in [3.05, 3.63) is 64.0 Å². The Balaban J connectivity index is 2.26. The molecule has 1 heterocycles. The minimum Gasteiger partial charge on any atom is -0.478 e. The van der Waals surface area contributed by atoms with Crippen molar-refractivity contribution in [2.75, 3.05) is 0 Å². The number of aromatic nitrogens is 1. The fourth-order valence-electron chi connectivity index (χ4n) is 2.30. The van der Waals surface area contributed by atoms with Crippen LogP contribution in [0.3, 0.4) is 0 Å². The Kier molecular flexibility index (Phi) is 3.10. The van der Waals surface area contributed by atoms with E-state index in [1.54, 1.807) is 12.1 Å². The van der Waals surface area contributed by atoms with Gasteiger partial charge in [-0.05, 0) is 24.3 Å². The number of nitrogens with zero attached hydrogens (tertiary/aromatic N) is 1.